The number of benzene rings is 2. The molecule has 2 atom stereocenters. The van der Waals surface area contributed by atoms with Crippen molar-refractivity contribution in [3.8, 4) is 5.75 Å². The first-order valence-corrected chi connectivity index (χ1v) is 8.25. The van der Waals surface area contributed by atoms with Crippen molar-refractivity contribution in [2.45, 2.75) is 31.4 Å². The lowest BCUT2D eigenvalue weighted by atomic mass is 9.94. The monoisotopic (exact) mass is 343 g/mol. The number of hydrogen-bond acceptors (Lipinski definition) is 4. The number of carboxylic acid groups (broad SMARTS) is 1. The Morgan fingerprint density at radius 1 is 1.28 bits per heavy atom. The molecule has 0 saturated carbocycles. The molecule has 0 spiro atoms. The van der Waals surface area contributed by atoms with Gasteiger partial charge in [-0.2, -0.15) is 0 Å². The molecule has 1 saturated heterocycles. The summed E-state index contributed by atoms with van der Waals surface area (Å²) in [6.45, 7) is 2.29. The van der Waals surface area contributed by atoms with E-state index in [1.54, 1.807) is 6.92 Å². The second-order valence-electron chi connectivity index (χ2n) is 6.38. The standard InChI is InChI=1S/C19H21NO5/c1-13(18(23)20-19(11-17(21)22)9-10-24-12-19)25-16-8-4-6-14-5-2-3-7-15(14)16/h2-8,13H,9-12H2,1H3,(H,20,23)(H,21,22). The summed E-state index contributed by atoms with van der Waals surface area (Å²) in [5.41, 5.74) is -0.862. The third kappa shape index (κ3) is 3.91. The van der Waals surface area contributed by atoms with Gasteiger partial charge in [0.25, 0.3) is 5.91 Å². The molecule has 0 aliphatic carbocycles. The van der Waals surface area contributed by atoms with E-state index in [4.69, 9.17) is 14.6 Å². The maximum Gasteiger partial charge on any atom is 0.305 e. The van der Waals surface area contributed by atoms with Crippen LogP contribution in [0, 0.1) is 0 Å². The van der Waals surface area contributed by atoms with Crippen LogP contribution in [0.2, 0.25) is 0 Å². The Morgan fingerprint density at radius 2 is 2.04 bits per heavy atom. The fourth-order valence-corrected chi connectivity index (χ4v) is 3.08. The molecular formula is C19H21NO5. The largest absolute Gasteiger partial charge is 0.481 e. The van der Waals surface area contributed by atoms with Gasteiger partial charge in [0.2, 0.25) is 0 Å². The molecule has 1 amide bonds. The van der Waals surface area contributed by atoms with E-state index in [0.29, 0.717) is 18.8 Å². The molecule has 0 aromatic heterocycles. The molecular weight excluding hydrogens is 322 g/mol. The number of carbonyl (C=O) groups is 2. The second kappa shape index (κ2) is 7.11. The number of carbonyl (C=O) groups excluding carboxylic acids is 1. The van der Waals surface area contributed by atoms with E-state index in [2.05, 4.69) is 5.32 Å². The molecule has 1 aliphatic heterocycles. The minimum atomic E-state index is -0.964. The minimum absolute atomic E-state index is 0.167. The van der Waals surface area contributed by atoms with Crippen molar-refractivity contribution in [1.29, 1.82) is 0 Å². The summed E-state index contributed by atoms with van der Waals surface area (Å²) in [5.74, 6) is -0.691. The maximum atomic E-state index is 12.5. The van der Waals surface area contributed by atoms with Crippen molar-refractivity contribution in [3.05, 3.63) is 42.5 Å². The zero-order valence-corrected chi connectivity index (χ0v) is 14.0. The lowest BCUT2D eigenvalue weighted by Gasteiger charge is -2.28. The van der Waals surface area contributed by atoms with Crippen LogP contribution < -0.4 is 10.1 Å². The van der Waals surface area contributed by atoms with E-state index in [1.807, 2.05) is 42.5 Å². The van der Waals surface area contributed by atoms with Crippen LogP contribution in [0.1, 0.15) is 19.8 Å². The molecule has 1 heterocycles. The fourth-order valence-electron chi connectivity index (χ4n) is 3.08. The predicted molar refractivity (Wildman–Crippen MR) is 92.6 cm³/mol. The molecule has 1 aliphatic rings. The van der Waals surface area contributed by atoms with Gasteiger partial charge in [0, 0.05) is 12.0 Å². The highest BCUT2D eigenvalue weighted by atomic mass is 16.5. The summed E-state index contributed by atoms with van der Waals surface area (Å²) in [7, 11) is 0. The summed E-state index contributed by atoms with van der Waals surface area (Å²) in [5, 5.41) is 13.9. The van der Waals surface area contributed by atoms with Gasteiger partial charge in [-0.15, -0.1) is 0 Å². The van der Waals surface area contributed by atoms with Crippen molar-refractivity contribution in [2.24, 2.45) is 0 Å². The Kier molecular flexibility index (Phi) is 4.90. The van der Waals surface area contributed by atoms with E-state index in [9.17, 15) is 9.59 Å². The van der Waals surface area contributed by atoms with Gasteiger partial charge in [0.15, 0.2) is 6.10 Å². The van der Waals surface area contributed by atoms with E-state index in [1.165, 1.54) is 0 Å². The van der Waals surface area contributed by atoms with E-state index in [0.717, 1.165) is 10.8 Å². The lowest BCUT2D eigenvalue weighted by molar-refractivity contribution is -0.139. The zero-order valence-electron chi connectivity index (χ0n) is 14.0. The number of nitrogens with one attached hydrogen (secondary N) is 1. The van der Waals surface area contributed by atoms with Crippen LogP contribution in [0.4, 0.5) is 0 Å². The van der Waals surface area contributed by atoms with Gasteiger partial charge >= 0.3 is 5.97 Å². The quantitative estimate of drug-likeness (QED) is 0.841. The molecule has 25 heavy (non-hydrogen) atoms. The minimum Gasteiger partial charge on any atom is -0.481 e. The van der Waals surface area contributed by atoms with E-state index >= 15 is 0 Å². The maximum absolute atomic E-state index is 12.5. The molecule has 6 nitrogen and oxygen atoms in total. The molecule has 1 fully saturated rings. The molecule has 0 bridgehead atoms. The third-order valence-corrected chi connectivity index (χ3v) is 4.40. The SMILES string of the molecule is CC(Oc1cccc2ccccc12)C(=O)NC1(CC(=O)O)CCOC1. The van der Waals surface area contributed by atoms with Crippen molar-refractivity contribution in [3.63, 3.8) is 0 Å². The Bertz CT molecular complexity index is 777. The molecule has 2 aromatic rings. The normalized spacial score (nSPS) is 21.0. The van der Waals surface area contributed by atoms with Crippen LogP contribution in [0.3, 0.4) is 0 Å². The Hall–Kier alpha value is -2.60. The number of fused-ring (bicyclic) bond motifs is 1. The van der Waals surface area contributed by atoms with Crippen molar-refractivity contribution in [2.75, 3.05) is 13.2 Å². The highest BCUT2D eigenvalue weighted by molar-refractivity contribution is 5.89. The average Bonchev–Trinajstić information content (AvgIpc) is 3.02. The van der Waals surface area contributed by atoms with Gasteiger partial charge in [0.05, 0.1) is 18.6 Å². The Balaban J connectivity index is 1.73. The fraction of sp³-hybridized carbons (Fsp3) is 0.368. The number of aliphatic carboxylic acids is 1. The summed E-state index contributed by atoms with van der Waals surface area (Å²) >= 11 is 0. The summed E-state index contributed by atoms with van der Waals surface area (Å²) < 4.78 is 11.1. The van der Waals surface area contributed by atoms with E-state index < -0.39 is 17.6 Å². The molecule has 2 unspecified atom stereocenters. The first-order chi connectivity index (χ1) is 12.0. The van der Waals surface area contributed by atoms with Crippen LogP contribution in [-0.4, -0.2) is 41.8 Å². The van der Waals surface area contributed by atoms with Crippen LogP contribution in [0.25, 0.3) is 10.8 Å². The smallest absolute Gasteiger partial charge is 0.305 e. The summed E-state index contributed by atoms with van der Waals surface area (Å²) in [4.78, 5) is 23.7. The lowest BCUT2D eigenvalue weighted by Crippen LogP contribution is -2.53. The number of amides is 1. The number of rotatable bonds is 6. The first-order valence-electron chi connectivity index (χ1n) is 8.25. The molecule has 3 rings (SSSR count). The van der Waals surface area contributed by atoms with Gasteiger partial charge in [0.1, 0.15) is 5.75 Å². The third-order valence-electron chi connectivity index (χ3n) is 4.40. The molecule has 2 aromatic carbocycles. The van der Waals surface area contributed by atoms with Crippen LogP contribution >= 0.6 is 0 Å². The number of carboxylic acids is 1. The number of hydrogen-bond donors (Lipinski definition) is 2. The second-order valence-corrected chi connectivity index (χ2v) is 6.38. The van der Waals surface area contributed by atoms with Gasteiger partial charge in [-0.25, -0.2) is 0 Å². The highest BCUT2D eigenvalue weighted by Gasteiger charge is 2.39. The predicted octanol–water partition coefficient (Wildman–Crippen LogP) is 2.36. The Labute approximate surface area is 145 Å². The van der Waals surface area contributed by atoms with Gasteiger partial charge in [-0.1, -0.05) is 36.4 Å². The molecule has 132 valence electrons. The number of ether oxygens (including phenoxy) is 2. The summed E-state index contributed by atoms with van der Waals surface area (Å²) in [6.07, 6.45) is -0.441. The summed E-state index contributed by atoms with van der Waals surface area (Å²) in [6, 6.07) is 13.4. The Morgan fingerprint density at radius 3 is 2.76 bits per heavy atom. The topological polar surface area (TPSA) is 84.9 Å². The molecule has 6 heteroatoms. The first kappa shape index (κ1) is 17.2. The highest BCUT2D eigenvalue weighted by Crippen LogP contribution is 2.27. The van der Waals surface area contributed by atoms with Gasteiger partial charge < -0.3 is 19.9 Å². The van der Waals surface area contributed by atoms with Crippen molar-refractivity contribution >= 4 is 22.6 Å². The van der Waals surface area contributed by atoms with Crippen LogP contribution in [-0.2, 0) is 14.3 Å². The zero-order chi connectivity index (χ0) is 17.9. The average molecular weight is 343 g/mol. The van der Waals surface area contributed by atoms with Crippen LogP contribution in [0.15, 0.2) is 42.5 Å². The van der Waals surface area contributed by atoms with Gasteiger partial charge in [-0.3, -0.25) is 9.59 Å². The van der Waals surface area contributed by atoms with Crippen molar-refractivity contribution < 1.29 is 24.2 Å². The molecule has 0 radical (unpaired) electrons. The van der Waals surface area contributed by atoms with Gasteiger partial charge in [-0.05, 0) is 24.8 Å². The van der Waals surface area contributed by atoms with Crippen LogP contribution in [0.5, 0.6) is 5.75 Å². The van der Waals surface area contributed by atoms with E-state index in [-0.39, 0.29) is 18.9 Å². The van der Waals surface area contributed by atoms with Crippen molar-refractivity contribution in [1.82, 2.24) is 5.32 Å². The molecule has 2 N–H and O–H groups in total.